The monoisotopic (exact) mass is 312 g/mol. The van der Waals surface area contributed by atoms with Gasteiger partial charge in [-0.15, -0.1) is 0 Å². The lowest BCUT2D eigenvalue weighted by Gasteiger charge is -2.16. The first-order chi connectivity index (χ1) is 11.2. The molecule has 0 radical (unpaired) electrons. The number of hydrogen-bond donors (Lipinski definition) is 2. The lowest BCUT2D eigenvalue weighted by Crippen LogP contribution is -2.33. The van der Waals surface area contributed by atoms with Crippen molar-refractivity contribution in [3.63, 3.8) is 0 Å². The normalized spacial score (nSPS) is 17.3. The van der Waals surface area contributed by atoms with E-state index < -0.39 is 0 Å². The Balaban J connectivity index is 1.75. The van der Waals surface area contributed by atoms with Gasteiger partial charge in [0.15, 0.2) is 0 Å². The average molecular weight is 312 g/mol. The van der Waals surface area contributed by atoms with Gasteiger partial charge in [-0.25, -0.2) is 14.8 Å². The Hall–Kier alpha value is -2.47. The number of hydrogen-bond acceptors (Lipinski definition) is 4. The molecule has 1 aliphatic rings. The van der Waals surface area contributed by atoms with E-state index in [0.717, 1.165) is 23.2 Å². The summed E-state index contributed by atoms with van der Waals surface area (Å²) in [4.78, 5) is 22.6. The fourth-order valence-electron chi connectivity index (χ4n) is 2.73. The van der Waals surface area contributed by atoms with Gasteiger partial charge in [-0.1, -0.05) is 30.3 Å². The Kier molecular flexibility index (Phi) is 4.52. The molecule has 1 aromatic carbocycles. The smallest absolute Gasteiger partial charge is 0.324 e. The van der Waals surface area contributed by atoms with E-state index in [9.17, 15) is 4.79 Å². The van der Waals surface area contributed by atoms with Crippen molar-refractivity contribution in [3.8, 4) is 11.3 Å². The van der Waals surface area contributed by atoms with Crippen LogP contribution in [0.3, 0.4) is 0 Å². The molecule has 0 bridgehead atoms. The molecule has 1 atom stereocenters. The minimum absolute atomic E-state index is 0.114. The van der Waals surface area contributed by atoms with Crippen LogP contribution < -0.4 is 5.32 Å². The van der Waals surface area contributed by atoms with Crippen molar-refractivity contribution in [1.82, 2.24) is 14.9 Å². The van der Waals surface area contributed by atoms with Crippen LogP contribution in [0.2, 0.25) is 0 Å². The van der Waals surface area contributed by atoms with Gasteiger partial charge in [0.25, 0.3) is 0 Å². The number of aliphatic hydroxyl groups is 1. The van der Waals surface area contributed by atoms with Crippen molar-refractivity contribution in [2.24, 2.45) is 5.92 Å². The molecule has 2 N–H and O–H groups in total. The largest absolute Gasteiger partial charge is 0.396 e. The number of nitrogens with zero attached hydrogens (tertiary/aromatic N) is 3. The molecule has 23 heavy (non-hydrogen) atoms. The fraction of sp³-hybridized carbons (Fsp3) is 0.353. The zero-order valence-corrected chi connectivity index (χ0v) is 13.1. The number of urea groups is 1. The molecule has 1 aromatic heterocycles. The number of nitrogens with one attached hydrogen (secondary N) is 1. The van der Waals surface area contributed by atoms with Gasteiger partial charge in [0.05, 0.1) is 5.69 Å². The molecule has 0 saturated carbocycles. The number of aliphatic hydroxyl groups excluding tert-OH is 1. The van der Waals surface area contributed by atoms with Gasteiger partial charge in [-0.05, 0) is 18.9 Å². The summed E-state index contributed by atoms with van der Waals surface area (Å²) in [7, 11) is 0. The zero-order valence-electron chi connectivity index (χ0n) is 13.1. The average Bonchev–Trinajstić information content (AvgIpc) is 3.07. The second-order valence-corrected chi connectivity index (χ2v) is 5.80. The van der Waals surface area contributed by atoms with Crippen molar-refractivity contribution in [2.75, 3.05) is 25.0 Å². The first kappa shape index (κ1) is 15.4. The Morgan fingerprint density at radius 1 is 1.39 bits per heavy atom. The Morgan fingerprint density at radius 3 is 2.87 bits per heavy atom. The highest BCUT2D eigenvalue weighted by molar-refractivity contribution is 5.88. The van der Waals surface area contributed by atoms with E-state index in [1.165, 1.54) is 0 Å². The number of carbonyl (C=O) groups is 1. The van der Waals surface area contributed by atoms with Crippen LogP contribution in [-0.4, -0.2) is 45.7 Å². The molecule has 6 nitrogen and oxygen atoms in total. The van der Waals surface area contributed by atoms with E-state index in [0.29, 0.717) is 19.0 Å². The quantitative estimate of drug-likeness (QED) is 0.911. The minimum Gasteiger partial charge on any atom is -0.396 e. The predicted molar refractivity (Wildman–Crippen MR) is 88.0 cm³/mol. The summed E-state index contributed by atoms with van der Waals surface area (Å²) in [5.74, 6) is 0.464. The molecule has 6 heteroatoms. The van der Waals surface area contributed by atoms with Gasteiger partial charge < -0.3 is 10.0 Å². The second-order valence-electron chi connectivity index (χ2n) is 5.80. The summed E-state index contributed by atoms with van der Waals surface area (Å²) < 4.78 is 0. The van der Waals surface area contributed by atoms with Gasteiger partial charge in [-0.2, -0.15) is 0 Å². The topological polar surface area (TPSA) is 78.4 Å². The summed E-state index contributed by atoms with van der Waals surface area (Å²) in [5, 5.41) is 11.9. The van der Waals surface area contributed by atoms with Gasteiger partial charge in [0, 0.05) is 37.4 Å². The maximum absolute atomic E-state index is 12.3. The molecule has 0 spiro atoms. The summed E-state index contributed by atoms with van der Waals surface area (Å²) in [6, 6.07) is 9.60. The maximum atomic E-state index is 12.3. The number of likely N-dealkylation sites (tertiary alicyclic amines) is 1. The van der Waals surface area contributed by atoms with Crippen LogP contribution in [0, 0.1) is 12.8 Å². The summed E-state index contributed by atoms with van der Waals surface area (Å²) >= 11 is 0. The van der Waals surface area contributed by atoms with E-state index in [1.807, 2.05) is 37.3 Å². The van der Waals surface area contributed by atoms with Crippen LogP contribution in [0.4, 0.5) is 10.7 Å². The predicted octanol–water partition coefficient (Wildman–Crippen LogP) is 2.30. The lowest BCUT2D eigenvalue weighted by molar-refractivity contribution is 0.208. The summed E-state index contributed by atoms with van der Waals surface area (Å²) in [6.07, 6.45) is 2.54. The number of anilines is 1. The standard InChI is InChI=1S/C17H20N4O2/c1-12-9-18-16(19-15(12)14-5-3-2-4-6-14)20-17(23)21-8-7-13(10-21)11-22/h2-6,9,13,22H,7-8,10-11H2,1H3,(H,18,19,20,23). The van der Waals surface area contributed by atoms with Crippen LogP contribution in [0.5, 0.6) is 0 Å². The van der Waals surface area contributed by atoms with Crippen molar-refractivity contribution in [1.29, 1.82) is 0 Å². The number of amides is 2. The van der Waals surface area contributed by atoms with E-state index in [2.05, 4.69) is 15.3 Å². The minimum atomic E-state index is -0.219. The third-order valence-corrected chi connectivity index (χ3v) is 4.07. The van der Waals surface area contributed by atoms with Gasteiger partial charge in [0.1, 0.15) is 0 Å². The second kappa shape index (κ2) is 6.75. The molecule has 1 fully saturated rings. The fourth-order valence-corrected chi connectivity index (χ4v) is 2.73. The highest BCUT2D eigenvalue weighted by Gasteiger charge is 2.26. The van der Waals surface area contributed by atoms with Gasteiger partial charge in [-0.3, -0.25) is 5.32 Å². The first-order valence-electron chi connectivity index (χ1n) is 7.73. The molecular weight excluding hydrogens is 292 g/mol. The van der Waals surface area contributed by atoms with Crippen molar-refractivity contribution < 1.29 is 9.90 Å². The third kappa shape index (κ3) is 3.48. The highest BCUT2D eigenvalue weighted by Crippen LogP contribution is 2.22. The molecule has 1 aliphatic heterocycles. The molecule has 2 amide bonds. The molecule has 2 aromatic rings. The summed E-state index contributed by atoms with van der Waals surface area (Å²) in [5.41, 5.74) is 2.76. The van der Waals surface area contributed by atoms with Gasteiger partial charge >= 0.3 is 6.03 Å². The van der Waals surface area contributed by atoms with Crippen LogP contribution in [0.1, 0.15) is 12.0 Å². The zero-order chi connectivity index (χ0) is 16.2. The number of aryl methyl sites for hydroxylation is 1. The molecule has 0 aliphatic carbocycles. The van der Waals surface area contributed by atoms with E-state index in [1.54, 1.807) is 11.1 Å². The highest BCUT2D eigenvalue weighted by atomic mass is 16.3. The number of aromatic nitrogens is 2. The third-order valence-electron chi connectivity index (χ3n) is 4.07. The number of rotatable bonds is 3. The van der Waals surface area contributed by atoms with E-state index in [4.69, 9.17) is 5.11 Å². The molecule has 2 heterocycles. The van der Waals surface area contributed by atoms with Crippen LogP contribution >= 0.6 is 0 Å². The molecular formula is C17H20N4O2. The van der Waals surface area contributed by atoms with E-state index in [-0.39, 0.29) is 18.6 Å². The van der Waals surface area contributed by atoms with Gasteiger partial charge in [0.2, 0.25) is 5.95 Å². The Bertz CT molecular complexity index is 690. The molecule has 120 valence electrons. The van der Waals surface area contributed by atoms with Crippen molar-refractivity contribution in [2.45, 2.75) is 13.3 Å². The Morgan fingerprint density at radius 2 is 2.17 bits per heavy atom. The van der Waals surface area contributed by atoms with Crippen LogP contribution in [0.25, 0.3) is 11.3 Å². The first-order valence-corrected chi connectivity index (χ1v) is 7.73. The number of carbonyl (C=O) groups excluding carboxylic acids is 1. The Labute approximate surface area is 135 Å². The van der Waals surface area contributed by atoms with Crippen LogP contribution in [-0.2, 0) is 0 Å². The lowest BCUT2D eigenvalue weighted by atomic mass is 10.1. The summed E-state index contributed by atoms with van der Waals surface area (Å²) in [6.45, 7) is 3.28. The maximum Gasteiger partial charge on any atom is 0.324 e. The molecule has 1 saturated heterocycles. The van der Waals surface area contributed by atoms with Crippen molar-refractivity contribution >= 4 is 12.0 Å². The van der Waals surface area contributed by atoms with Crippen LogP contribution in [0.15, 0.2) is 36.5 Å². The van der Waals surface area contributed by atoms with E-state index >= 15 is 0 Å². The SMILES string of the molecule is Cc1cnc(NC(=O)N2CCC(CO)C2)nc1-c1ccccc1. The molecule has 1 unspecified atom stereocenters. The molecule has 3 rings (SSSR count). The number of benzene rings is 1. The van der Waals surface area contributed by atoms with Crippen molar-refractivity contribution in [3.05, 3.63) is 42.1 Å².